The number of nitrogens with one attached hydrogen (secondary N) is 1. The van der Waals surface area contributed by atoms with Crippen LogP contribution < -0.4 is 11.3 Å². The second kappa shape index (κ2) is 7.23. The summed E-state index contributed by atoms with van der Waals surface area (Å²) in [5.41, 5.74) is 5.77. The number of hydrogen-bond acceptors (Lipinski definition) is 7. The third-order valence-corrected chi connectivity index (χ3v) is 4.10. The molecule has 9 heteroatoms. The molecule has 0 aromatic carbocycles. The van der Waals surface area contributed by atoms with Crippen LogP contribution in [-0.4, -0.2) is 48.8 Å². The average molecular weight is 347 g/mol. The fourth-order valence-electron chi connectivity index (χ4n) is 2.79. The SMILES string of the molecule is CCCCC#Cc1nn([C@H]2C[C@H](O)[C@@H](CO)O2)c2nc(N)[nH]c(=O)c12. The summed E-state index contributed by atoms with van der Waals surface area (Å²) in [5, 5.41) is 23.8. The van der Waals surface area contributed by atoms with Gasteiger partial charge in [0.15, 0.2) is 17.6 Å². The Kier molecular flexibility index (Phi) is 5.03. The van der Waals surface area contributed by atoms with Crippen LogP contribution >= 0.6 is 0 Å². The first-order chi connectivity index (χ1) is 12.0. The molecule has 9 nitrogen and oxygen atoms in total. The van der Waals surface area contributed by atoms with Crippen molar-refractivity contribution in [3.8, 4) is 11.8 Å². The van der Waals surface area contributed by atoms with E-state index in [1.54, 1.807) is 0 Å². The molecule has 0 bridgehead atoms. The van der Waals surface area contributed by atoms with Gasteiger partial charge < -0.3 is 20.7 Å². The molecule has 1 saturated heterocycles. The Bertz CT molecular complexity index is 878. The number of aromatic amines is 1. The molecular formula is C16H21N5O4. The van der Waals surface area contributed by atoms with Gasteiger partial charge in [-0.15, -0.1) is 0 Å². The maximum Gasteiger partial charge on any atom is 0.264 e. The topological polar surface area (TPSA) is 139 Å². The summed E-state index contributed by atoms with van der Waals surface area (Å²) in [6, 6.07) is 0. The average Bonchev–Trinajstić information content (AvgIpc) is 3.12. The molecule has 0 aliphatic carbocycles. The number of fused-ring (bicyclic) bond motifs is 1. The van der Waals surface area contributed by atoms with Crippen LogP contribution in [-0.2, 0) is 4.74 Å². The minimum atomic E-state index is -0.826. The Labute approximate surface area is 143 Å². The number of H-pyrrole nitrogens is 1. The Morgan fingerprint density at radius 1 is 1.52 bits per heavy atom. The molecule has 1 aliphatic heterocycles. The lowest BCUT2D eigenvalue weighted by Gasteiger charge is -2.12. The predicted octanol–water partition coefficient (Wildman–Crippen LogP) is -0.116. The van der Waals surface area contributed by atoms with Crippen LogP contribution in [0.2, 0.25) is 0 Å². The Hall–Kier alpha value is -2.41. The number of anilines is 1. The molecule has 3 atom stereocenters. The number of nitrogen functional groups attached to an aromatic ring is 1. The molecule has 2 aromatic rings. The molecule has 3 rings (SSSR count). The third-order valence-electron chi connectivity index (χ3n) is 4.10. The molecule has 0 spiro atoms. The van der Waals surface area contributed by atoms with E-state index in [4.69, 9.17) is 10.5 Å². The minimum absolute atomic E-state index is 0.0404. The number of rotatable bonds is 4. The number of ether oxygens (including phenoxy) is 1. The van der Waals surface area contributed by atoms with Crippen molar-refractivity contribution in [3.63, 3.8) is 0 Å². The smallest absolute Gasteiger partial charge is 0.264 e. The summed E-state index contributed by atoms with van der Waals surface area (Å²) < 4.78 is 7.02. The highest BCUT2D eigenvalue weighted by Gasteiger charge is 2.36. The largest absolute Gasteiger partial charge is 0.394 e. The van der Waals surface area contributed by atoms with Crippen molar-refractivity contribution in [1.82, 2.24) is 19.7 Å². The molecule has 134 valence electrons. The summed E-state index contributed by atoms with van der Waals surface area (Å²) in [4.78, 5) is 18.9. The van der Waals surface area contributed by atoms with Crippen molar-refractivity contribution in [1.29, 1.82) is 0 Å². The van der Waals surface area contributed by atoms with Gasteiger partial charge in [-0.2, -0.15) is 10.1 Å². The van der Waals surface area contributed by atoms with Gasteiger partial charge in [0.05, 0.1) is 12.7 Å². The molecule has 2 aromatic heterocycles. The molecule has 0 amide bonds. The molecule has 25 heavy (non-hydrogen) atoms. The summed E-state index contributed by atoms with van der Waals surface area (Å²) >= 11 is 0. The number of aliphatic hydroxyl groups excluding tert-OH is 2. The Morgan fingerprint density at radius 2 is 2.32 bits per heavy atom. The van der Waals surface area contributed by atoms with Crippen LogP contribution in [0.3, 0.4) is 0 Å². The number of hydrogen-bond donors (Lipinski definition) is 4. The minimum Gasteiger partial charge on any atom is -0.394 e. The van der Waals surface area contributed by atoms with Crippen LogP contribution in [0.25, 0.3) is 11.0 Å². The molecule has 3 heterocycles. The highest BCUT2D eigenvalue weighted by molar-refractivity contribution is 5.81. The van der Waals surface area contributed by atoms with Crippen molar-refractivity contribution in [2.24, 2.45) is 0 Å². The summed E-state index contributed by atoms with van der Waals surface area (Å²) in [6.07, 6.45) is 0.724. The van der Waals surface area contributed by atoms with E-state index >= 15 is 0 Å². The van der Waals surface area contributed by atoms with E-state index in [2.05, 4.69) is 33.8 Å². The molecule has 0 radical (unpaired) electrons. The van der Waals surface area contributed by atoms with Gasteiger partial charge in [0.1, 0.15) is 11.5 Å². The van der Waals surface area contributed by atoms with Crippen molar-refractivity contribution in [3.05, 3.63) is 16.0 Å². The molecular weight excluding hydrogens is 326 g/mol. The van der Waals surface area contributed by atoms with E-state index < -0.39 is 24.0 Å². The molecule has 0 saturated carbocycles. The number of aromatic nitrogens is 4. The standard InChI is InChI=1S/C16H21N5O4/c1-2-3-4-5-6-9-13-14(18-16(17)19-15(13)24)21(20-9)12-7-10(23)11(8-22)25-12/h10-12,22-23H,2-4,7-8H2,1H3,(H3,17,18,19,24)/t10-,11+,12+/m0/s1. The van der Waals surface area contributed by atoms with Crippen molar-refractivity contribution >= 4 is 17.0 Å². The fraction of sp³-hybridized carbons (Fsp3) is 0.562. The summed E-state index contributed by atoms with van der Waals surface area (Å²) in [6.45, 7) is 1.76. The second-order valence-corrected chi connectivity index (χ2v) is 5.96. The van der Waals surface area contributed by atoms with Crippen LogP contribution in [0.4, 0.5) is 5.95 Å². The molecule has 1 aliphatic rings. The zero-order valence-electron chi connectivity index (χ0n) is 13.9. The molecule has 5 N–H and O–H groups in total. The highest BCUT2D eigenvalue weighted by atomic mass is 16.5. The van der Waals surface area contributed by atoms with E-state index in [0.717, 1.165) is 12.8 Å². The first-order valence-electron chi connectivity index (χ1n) is 8.26. The normalized spacial score (nSPS) is 22.9. The van der Waals surface area contributed by atoms with Gasteiger partial charge in [0.25, 0.3) is 5.56 Å². The monoisotopic (exact) mass is 347 g/mol. The Balaban J connectivity index is 2.06. The molecule has 1 fully saturated rings. The first kappa shape index (κ1) is 17.4. The summed E-state index contributed by atoms with van der Waals surface area (Å²) in [5.74, 6) is 5.87. The molecule has 0 unspecified atom stereocenters. The lowest BCUT2D eigenvalue weighted by Crippen LogP contribution is -2.24. The maximum atomic E-state index is 12.3. The van der Waals surface area contributed by atoms with E-state index in [-0.39, 0.29) is 30.0 Å². The van der Waals surface area contributed by atoms with Crippen LogP contribution in [0, 0.1) is 11.8 Å². The van der Waals surface area contributed by atoms with Crippen LogP contribution in [0.1, 0.15) is 44.5 Å². The highest BCUT2D eigenvalue weighted by Crippen LogP contribution is 2.30. The van der Waals surface area contributed by atoms with E-state index in [0.29, 0.717) is 12.1 Å². The van der Waals surface area contributed by atoms with E-state index in [1.165, 1.54) is 4.68 Å². The quantitative estimate of drug-likeness (QED) is 0.447. The van der Waals surface area contributed by atoms with E-state index in [9.17, 15) is 15.0 Å². The first-order valence-corrected chi connectivity index (χ1v) is 8.26. The lowest BCUT2D eigenvalue weighted by atomic mass is 10.2. The van der Waals surface area contributed by atoms with E-state index in [1.807, 2.05) is 0 Å². The van der Waals surface area contributed by atoms with Gasteiger partial charge in [0.2, 0.25) is 5.95 Å². The van der Waals surface area contributed by atoms with Crippen LogP contribution in [0.5, 0.6) is 0 Å². The number of nitrogens with zero attached hydrogens (tertiary/aromatic N) is 3. The van der Waals surface area contributed by atoms with Gasteiger partial charge >= 0.3 is 0 Å². The predicted molar refractivity (Wildman–Crippen MR) is 90.6 cm³/mol. The number of nitrogens with two attached hydrogens (primary N) is 1. The van der Waals surface area contributed by atoms with Gasteiger partial charge in [-0.1, -0.05) is 19.3 Å². The second-order valence-electron chi connectivity index (χ2n) is 5.96. The fourth-order valence-corrected chi connectivity index (χ4v) is 2.79. The van der Waals surface area contributed by atoms with Gasteiger partial charge in [-0.05, 0) is 12.3 Å². The number of aliphatic hydroxyl groups is 2. The third kappa shape index (κ3) is 3.37. The van der Waals surface area contributed by atoms with Crippen LogP contribution in [0.15, 0.2) is 4.79 Å². The van der Waals surface area contributed by atoms with Crippen molar-refractivity contribution < 1.29 is 14.9 Å². The zero-order valence-corrected chi connectivity index (χ0v) is 13.9. The maximum absolute atomic E-state index is 12.3. The van der Waals surface area contributed by atoms with Crippen molar-refractivity contribution in [2.75, 3.05) is 12.3 Å². The van der Waals surface area contributed by atoms with Gasteiger partial charge in [-0.3, -0.25) is 9.78 Å². The van der Waals surface area contributed by atoms with Gasteiger partial charge in [0, 0.05) is 12.8 Å². The van der Waals surface area contributed by atoms with Gasteiger partial charge in [-0.25, -0.2) is 4.68 Å². The van der Waals surface area contributed by atoms with Crippen molar-refractivity contribution in [2.45, 2.75) is 51.0 Å². The zero-order chi connectivity index (χ0) is 18.0. The lowest BCUT2D eigenvalue weighted by molar-refractivity contribution is -0.0470. The summed E-state index contributed by atoms with van der Waals surface area (Å²) in [7, 11) is 0. The number of unbranched alkanes of at least 4 members (excludes halogenated alkanes) is 2. The Morgan fingerprint density at radius 3 is 3.00 bits per heavy atom.